The molecule has 2 rings (SSSR count). The van der Waals surface area contributed by atoms with Gasteiger partial charge in [-0.3, -0.25) is 10.1 Å². The van der Waals surface area contributed by atoms with E-state index in [9.17, 15) is 4.79 Å². The minimum Gasteiger partial charge on any atom is -0.491 e. The largest absolute Gasteiger partial charge is 0.491 e. The highest BCUT2D eigenvalue weighted by molar-refractivity contribution is 5.78. The van der Waals surface area contributed by atoms with Gasteiger partial charge in [-0.2, -0.15) is 0 Å². The van der Waals surface area contributed by atoms with Crippen LogP contribution >= 0.6 is 0 Å². The summed E-state index contributed by atoms with van der Waals surface area (Å²) < 4.78 is 5.61. The predicted molar refractivity (Wildman–Crippen MR) is 69.1 cm³/mol. The summed E-state index contributed by atoms with van der Waals surface area (Å²) in [5.74, 6) is 3.36. The molecule has 0 aromatic heterocycles. The van der Waals surface area contributed by atoms with Gasteiger partial charge in [0.25, 0.3) is 0 Å². The van der Waals surface area contributed by atoms with Crippen LogP contribution < -0.4 is 10.1 Å². The van der Waals surface area contributed by atoms with Crippen LogP contribution in [0.1, 0.15) is 5.56 Å². The normalized spacial score (nSPS) is 14.1. The second-order valence-corrected chi connectivity index (χ2v) is 4.08. The molecule has 1 aliphatic heterocycles. The summed E-state index contributed by atoms with van der Waals surface area (Å²) in [6, 6.07) is 7.80. The Morgan fingerprint density at radius 3 is 3.17 bits per heavy atom. The van der Waals surface area contributed by atoms with E-state index in [1.165, 1.54) is 0 Å². The summed E-state index contributed by atoms with van der Waals surface area (Å²) >= 11 is 0. The number of carbonyl (C=O) groups excluding carboxylic acids is 1. The molecule has 0 aliphatic carbocycles. The number of terminal acetylenes is 1. The third-order valence-corrected chi connectivity index (χ3v) is 2.81. The SMILES string of the molecule is C#CCNCC(=O)N1CCOc2ccccc2C1. The standard InChI is InChI=1S/C14H16N2O2/c1-2-7-15-10-14(17)16-8-9-18-13-6-4-3-5-12(13)11-16/h1,3-6,15H,7-11H2. The number of hydrogen-bond donors (Lipinski definition) is 1. The lowest BCUT2D eigenvalue weighted by atomic mass is 10.2. The number of para-hydroxylation sites is 1. The topological polar surface area (TPSA) is 41.6 Å². The third-order valence-electron chi connectivity index (χ3n) is 2.81. The zero-order chi connectivity index (χ0) is 12.8. The Bertz CT molecular complexity index is 465. The molecule has 0 saturated heterocycles. The maximum Gasteiger partial charge on any atom is 0.236 e. The van der Waals surface area contributed by atoms with Crippen molar-refractivity contribution < 1.29 is 9.53 Å². The van der Waals surface area contributed by atoms with Crippen LogP contribution in [0.3, 0.4) is 0 Å². The fourth-order valence-electron chi connectivity index (χ4n) is 1.89. The van der Waals surface area contributed by atoms with Gasteiger partial charge in [-0.15, -0.1) is 6.42 Å². The quantitative estimate of drug-likeness (QED) is 0.626. The smallest absolute Gasteiger partial charge is 0.236 e. The highest BCUT2D eigenvalue weighted by Gasteiger charge is 2.18. The van der Waals surface area contributed by atoms with Crippen molar-refractivity contribution in [2.75, 3.05) is 26.2 Å². The molecule has 0 saturated carbocycles. The fourth-order valence-corrected chi connectivity index (χ4v) is 1.89. The van der Waals surface area contributed by atoms with E-state index < -0.39 is 0 Å². The van der Waals surface area contributed by atoms with E-state index in [1.54, 1.807) is 4.90 Å². The summed E-state index contributed by atoms with van der Waals surface area (Å²) in [6.45, 7) is 2.40. The van der Waals surface area contributed by atoms with Gasteiger partial charge in [0, 0.05) is 12.1 Å². The Morgan fingerprint density at radius 2 is 2.33 bits per heavy atom. The molecule has 1 aliphatic rings. The molecular formula is C14H16N2O2. The average Bonchev–Trinajstić information content (AvgIpc) is 2.61. The van der Waals surface area contributed by atoms with E-state index in [4.69, 9.17) is 11.2 Å². The maximum atomic E-state index is 12.0. The van der Waals surface area contributed by atoms with E-state index in [2.05, 4.69) is 11.2 Å². The van der Waals surface area contributed by atoms with E-state index >= 15 is 0 Å². The summed E-state index contributed by atoms with van der Waals surface area (Å²) in [7, 11) is 0. The van der Waals surface area contributed by atoms with E-state index in [0.717, 1.165) is 11.3 Å². The number of nitrogens with one attached hydrogen (secondary N) is 1. The Morgan fingerprint density at radius 1 is 1.50 bits per heavy atom. The van der Waals surface area contributed by atoms with Crippen LogP contribution in [0.2, 0.25) is 0 Å². The minimum atomic E-state index is 0.0468. The summed E-state index contributed by atoms with van der Waals surface area (Å²) in [5.41, 5.74) is 1.04. The van der Waals surface area contributed by atoms with Crippen LogP contribution in [0.5, 0.6) is 5.75 Å². The molecule has 0 spiro atoms. The minimum absolute atomic E-state index is 0.0468. The highest BCUT2D eigenvalue weighted by Crippen LogP contribution is 2.22. The van der Waals surface area contributed by atoms with Crippen LogP contribution in [0.15, 0.2) is 24.3 Å². The number of benzene rings is 1. The first-order valence-corrected chi connectivity index (χ1v) is 5.94. The van der Waals surface area contributed by atoms with Crippen LogP contribution in [-0.2, 0) is 11.3 Å². The van der Waals surface area contributed by atoms with Crippen molar-refractivity contribution in [3.63, 3.8) is 0 Å². The lowest BCUT2D eigenvalue weighted by Crippen LogP contribution is -2.39. The molecule has 0 fully saturated rings. The monoisotopic (exact) mass is 244 g/mol. The van der Waals surface area contributed by atoms with E-state index in [0.29, 0.717) is 26.2 Å². The molecule has 94 valence electrons. The van der Waals surface area contributed by atoms with Crippen LogP contribution in [-0.4, -0.2) is 37.0 Å². The number of hydrogen-bond acceptors (Lipinski definition) is 3. The number of carbonyl (C=O) groups is 1. The highest BCUT2D eigenvalue weighted by atomic mass is 16.5. The molecule has 1 amide bonds. The Kier molecular flexibility index (Phi) is 4.21. The molecule has 0 bridgehead atoms. The van der Waals surface area contributed by atoms with Gasteiger partial charge in [-0.05, 0) is 6.07 Å². The van der Waals surface area contributed by atoms with Crippen LogP contribution in [0, 0.1) is 12.3 Å². The van der Waals surface area contributed by atoms with Crippen molar-refractivity contribution in [1.82, 2.24) is 10.2 Å². The summed E-state index contributed by atoms with van der Waals surface area (Å²) in [4.78, 5) is 13.8. The summed E-state index contributed by atoms with van der Waals surface area (Å²) in [6.07, 6.45) is 5.12. The maximum absolute atomic E-state index is 12.0. The second kappa shape index (κ2) is 6.08. The van der Waals surface area contributed by atoms with E-state index in [-0.39, 0.29) is 12.5 Å². The molecular weight excluding hydrogens is 228 g/mol. The van der Waals surface area contributed by atoms with Crippen LogP contribution in [0.4, 0.5) is 0 Å². The third kappa shape index (κ3) is 3.02. The number of fused-ring (bicyclic) bond motifs is 1. The lowest BCUT2D eigenvalue weighted by molar-refractivity contribution is -0.130. The van der Waals surface area contributed by atoms with Gasteiger partial charge in [0.2, 0.25) is 5.91 Å². The van der Waals surface area contributed by atoms with E-state index in [1.807, 2.05) is 24.3 Å². The van der Waals surface area contributed by atoms with Crippen molar-refractivity contribution in [3.8, 4) is 18.1 Å². The van der Waals surface area contributed by atoms with Crippen molar-refractivity contribution >= 4 is 5.91 Å². The second-order valence-electron chi connectivity index (χ2n) is 4.08. The number of amides is 1. The predicted octanol–water partition coefficient (Wildman–Crippen LogP) is 0.630. The lowest BCUT2D eigenvalue weighted by Gasteiger charge is -2.19. The number of ether oxygens (including phenoxy) is 1. The Hall–Kier alpha value is -1.99. The van der Waals surface area contributed by atoms with Gasteiger partial charge in [-0.25, -0.2) is 0 Å². The molecule has 0 unspecified atom stereocenters. The van der Waals surface area contributed by atoms with Crippen molar-refractivity contribution in [2.45, 2.75) is 6.54 Å². The van der Waals surface area contributed by atoms with Crippen molar-refractivity contribution in [3.05, 3.63) is 29.8 Å². The van der Waals surface area contributed by atoms with Gasteiger partial charge < -0.3 is 9.64 Å². The molecule has 0 radical (unpaired) electrons. The molecule has 4 heteroatoms. The first kappa shape index (κ1) is 12.5. The molecule has 1 heterocycles. The van der Waals surface area contributed by atoms with Gasteiger partial charge in [0.1, 0.15) is 12.4 Å². The summed E-state index contributed by atoms with van der Waals surface area (Å²) in [5, 5.41) is 2.91. The molecule has 18 heavy (non-hydrogen) atoms. The van der Waals surface area contributed by atoms with Crippen molar-refractivity contribution in [1.29, 1.82) is 0 Å². The van der Waals surface area contributed by atoms with Crippen LogP contribution in [0.25, 0.3) is 0 Å². The number of nitrogens with zero attached hydrogens (tertiary/aromatic N) is 1. The number of rotatable bonds is 3. The molecule has 4 nitrogen and oxygen atoms in total. The zero-order valence-corrected chi connectivity index (χ0v) is 10.2. The molecule has 0 atom stereocenters. The average molecular weight is 244 g/mol. The Balaban J connectivity index is 1.99. The first-order valence-electron chi connectivity index (χ1n) is 5.94. The molecule has 1 N–H and O–H groups in total. The Labute approximate surface area is 107 Å². The van der Waals surface area contributed by atoms with Gasteiger partial charge >= 0.3 is 0 Å². The van der Waals surface area contributed by atoms with Crippen molar-refractivity contribution in [2.24, 2.45) is 0 Å². The van der Waals surface area contributed by atoms with Gasteiger partial charge in [0.05, 0.1) is 19.6 Å². The zero-order valence-electron chi connectivity index (χ0n) is 10.2. The van der Waals surface area contributed by atoms with Gasteiger partial charge in [-0.1, -0.05) is 24.1 Å². The molecule has 1 aromatic carbocycles. The first-order chi connectivity index (χ1) is 8.81. The fraction of sp³-hybridized carbons (Fsp3) is 0.357. The van der Waals surface area contributed by atoms with Gasteiger partial charge in [0.15, 0.2) is 0 Å². The molecule has 1 aromatic rings.